The minimum absolute atomic E-state index is 0.0410. The van der Waals surface area contributed by atoms with E-state index in [1.165, 1.54) is 7.11 Å². The van der Waals surface area contributed by atoms with Crippen LogP contribution in [0.5, 0.6) is 5.75 Å². The van der Waals surface area contributed by atoms with Gasteiger partial charge in [0.15, 0.2) is 5.13 Å². The molecule has 0 spiro atoms. The van der Waals surface area contributed by atoms with Crippen molar-refractivity contribution in [1.29, 1.82) is 0 Å². The number of hydrogen-bond donors (Lipinski definition) is 1. The molecule has 0 atom stereocenters. The van der Waals surface area contributed by atoms with Crippen LogP contribution in [0.25, 0.3) is 10.2 Å². The molecular formula is C20H19N3O4S. The summed E-state index contributed by atoms with van der Waals surface area (Å²) in [7, 11) is 2.97. The van der Waals surface area contributed by atoms with Gasteiger partial charge in [-0.1, -0.05) is 17.4 Å². The minimum Gasteiger partial charge on any atom is -0.494 e. The van der Waals surface area contributed by atoms with Crippen LogP contribution < -0.4 is 15.0 Å². The summed E-state index contributed by atoms with van der Waals surface area (Å²) in [5, 5.41) is 3.78. The van der Waals surface area contributed by atoms with Gasteiger partial charge in [-0.2, -0.15) is 0 Å². The first kappa shape index (κ1) is 18.2. The number of esters is 1. The van der Waals surface area contributed by atoms with Gasteiger partial charge in [-0.25, -0.2) is 9.78 Å². The van der Waals surface area contributed by atoms with E-state index < -0.39 is 5.97 Å². The summed E-state index contributed by atoms with van der Waals surface area (Å²) < 4.78 is 11.1. The maximum Gasteiger partial charge on any atom is 0.337 e. The summed E-state index contributed by atoms with van der Waals surface area (Å²) in [5.74, 6) is 0.208. The fourth-order valence-electron chi connectivity index (χ4n) is 3.06. The molecule has 1 fully saturated rings. The molecule has 2 aromatic carbocycles. The Balaban J connectivity index is 1.37. The smallest absolute Gasteiger partial charge is 0.337 e. The van der Waals surface area contributed by atoms with Crippen molar-refractivity contribution in [3.8, 4) is 5.75 Å². The van der Waals surface area contributed by atoms with E-state index in [0.717, 1.165) is 21.1 Å². The van der Waals surface area contributed by atoms with Crippen LogP contribution in [-0.2, 0) is 9.53 Å². The van der Waals surface area contributed by atoms with Crippen LogP contribution in [0.15, 0.2) is 42.5 Å². The first-order valence-corrected chi connectivity index (χ1v) is 9.58. The molecule has 1 N–H and O–H groups in total. The summed E-state index contributed by atoms with van der Waals surface area (Å²) in [6.45, 7) is 1.24. The van der Waals surface area contributed by atoms with Crippen LogP contribution in [0, 0.1) is 5.92 Å². The first-order chi connectivity index (χ1) is 13.6. The topological polar surface area (TPSA) is 80.8 Å². The van der Waals surface area contributed by atoms with Gasteiger partial charge in [0.1, 0.15) is 11.3 Å². The molecule has 1 amide bonds. The Labute approximate surface area is 165 Å². The van der Waals surface area contributed by atoms with Crippen molar-refractivity contribution in [2.75, 3.05) is 37.5 Å². The number of benzene rings is 2. The highest BCUT2D eigenvalue weighted by Gasteiger charge is 2.34. The summed E-state index contributed by atoms with van der Waals surface area (Å²) in [4.78, 5) is 30.7. The van der Waals surface area contributed by atoms with Gasteiger partial charge < -0.3 is 19.7 Å². The number of carbonyl (C=O) groups is 2. The fourth-order valence-corrected chi connectivity index (χ4v) is 4.07. The number of amides is 1. The number of aromatic nitrogens is 1. The summed E-state index contributed by atoms with van der Waals surface area (Å²) >= 11 is 1.59. The Morgan fingerprint density at radius 1 is 1.14 bits per heavy atom. The Bertz CT molecular complexity index is 1030. The highest BCUT2D eigenvalue weighted by molar-refractivity contribution is 7.22. The number of hydrogen-bond acceptors (Lipinski definition) is 7. The summed E-state index contributed by atoms with van der Waals surface area (Å²) in [6, 6.07) is 12.5. The van der Waals surface area contributed by atoms with E-state index in [2.05, 4.69) is 19.9 Å². The molecule has 2 heterocycles. The van der Waals surface area contributed by atoms with Crippen LogP contribution in [0.1, 0.15) is 10.4 Å². The lowest BCUT2D eigenvalue weighted by molar-refractivity contribution is -0.120. The van der Waals surface area contributed by atoms with E-state index in [4.69, 9.17) is 4.74 Å². The largest absolute Gasteiger partial charge is 0.494 e. The van der Waals surface area contributed by atoms with Gasteiger partial charge in [-0.05, 0) is 36.4 Å². The average molecular weight is 397 g/mol. The molecule has 0 radical (unpaired) electrons. The normalized spacial score (nSPS) is 13.9. The zero-order valence-electron chi connectivity index (χ0n) is 15.5. The van der Waals surface area contributed by atoms with Crippen LogP contribution in [0.2, 0.25) is 0 Å². The minimum atomic E-state index is -0.403. The van der Waals surface area contributed by atoms with Crippen LogP contribution in [-0.4, -0.2) is 44.2 Å². The summed E-state index contributed by atoms with van der Waals surface area (Å²) in [5.41, 5.74) is 1.95. The van der Waals surface area contributed by atoms with Crippen molar-refractivity contribution >= 4 is 44.2 Å². The van der Waals surface area contributed by atoms with Gasteiger partial charge in [-0.3, -0.25) is 4.79 Å². The lowest BCUT2D eigenvalue weighted by atomic mass is 10.00. The molecule has 28 heavy (non-hydrogen) atoms. The third-order valence-corrected chi connectivity index (χ3v) is 5.77. The second-order valence-electron chi connectivity index (χ2n) is 6.46. The monoisotopic (exact) mass is 397 g/mol. The molecule has 8 heteroatoms. The van der Waals surface area contributed by atoms with Gasteiger partial charge in [0.2, 0.25) is 5.91 Å². The molecule has 1 aliphatic rings. The predicted molar refractivity (Wildman–Crippen MR) is 108 cm³/mol. The zero-order chi connectivity index (χ0) is 19.7. The van der Waals surface area contributed by atoms with Crippen LogP contribution in [0.3, 0.4) is 0 Å². The molecule has 3 aromatic rings. The van der Waals surface area contributed by atoms with E-state index >= 15 is 0 Å². The number of rotatable bonds is 5. The second-order valence-corrected chi connectivity index (χ2v) is 7.47. The number of fused-ring (bicyclic) bond motifs is 1. The number of nitrogens with one attached hydrogen (secondary N) is 1. The molecule has 0 saturated carbocycles. The van der Waals surface area contributed by atoms with Crippen molar-refractivity contribution in [1.82, 2.24) is 4.98 Å². The Kier molecular flexibility index (Phi) is 4.87. The third kappa shape index (κ3) is 3.38. The van der Waals surface area contributed by atoms with Crippen molar-refractivity contribution in [3.63, 3.8) is 0 Å². The SMILES string of the molecule is COC(=O)c1ccc(NC(=O)C2CN(c3nc4c(OC)cccc4s3)C2)cc1. The molecule has 144 valence electrons. The number of nitrogens with zero attached hydrogens (tertiary/aromatic N) is 2. The van der Waals surface area contributed by atoms with Crippen molar-refractivity contribution in [2.24, 2.45) is 5.92 Å². The van der Waals surface area contributed by atoms with E-state index in [9.17, 15) is 9.59 Å². The maximum atomic E-state index is 12.5. The first-order valence-electron chi connectivity index (χ1n) is 8.77. The molecule has 0 bridgehead atoms. The quantitative estimate of drug-likeness (QED) is 0.666. The van der Waals surface area contributed by atoms with Gasteiger partial charge in [0.05, 0.1) is 30.4 Å². The van der Waals surface area contributed by atoms with E-state index in [1.54, 1.807) is 42.7 Å². The third-order valence-electron chi connectivity index (χ3n) is 4.69. The number of anilines is 2. The number of carbonyl (C=O) groups excluding carboxylic acids is 2. The standard InChI is InChI=1S/C20H19N3O4S/c1-26-15-4-3-5-16-17(15)22-20(28-16)23-10-13(11-23)18(24)21-14-8-6-12(7-9-14)19(25)27-2/h3-9,13H,10-11H2,1-2H3,(H,21,24). The lowest BCUT2D eigenvalue weighted by Crippen LogP contribution is -2.52. The highest BCUT2D eigenvalue weighted by atomic mass is 32.1. The maximum absolute atomic E-state index is 12.5. The zero-order valence-corrected chi connectivity index (χ0v) is 16.3. The highest BCUT2D eigenvalue weighted by Crippen LogP contribution is 2.36. The van der Waals surface area contributed by atoms with E-state index in [-0.39, 0.29) is 11.8 Å². The average Bonchev–Trinajstić information content (AvgIpc) is 3.10. The van der Waals surface area contributed by atoms with Gasteiger partial charge in [0, 0.05) is 18.8 Å². The number of ether oxygens (including phenoxy) is 2. The molecule has 1 aliphatic heterocycles. The molecule has 1 saturated heterocycles. The Hall–Kier alpha value is -3.13. The van der Waals surface area contributed by atoms with Crippen molar-refractivity contribution in [2.45, 2.75) is 0 Å². The van der Waals surface area contributed by atoms with Gasteiger partial charge in [0.25, 0.3) is 0 Å². The van der Waals surface area contributed by atoms with Gasteiger partial charge in [-0.15, -0.1) is 0 Å². The number of methoxy groups -OCH3 is 2. The Morgan fingerprint density at radius 3 is 2.57 bits per heavy atom. The number of thiazole rings is 1. The molecular weight excluding hydrogens is 378 g/mol. The van der Waals surface area contributed by atoms with E-state index in [0.29, 0.717) is 24.3 Å². The molecule has 4 rings (SSSR count). The number of para-hydroxylation sites is 1. The van der Waals surface area contributed by atoms with Crippen LogP contribution in [0.4, 0.5) is 10.8 Å². The predicted octanol–water partition coefficient (Wildman–Crippen LogP) is 3.17. The fraction of sp³-hybridized carbons (Fsp3) is 0.250. The molecule has 1 aromatic heterocycles. The molecule has 7 nitrogen and oxygen atoms in total. The Morgan fingerprint density at radius 2 is 1.89 bits per heavy atom. The van der Waals surface area contributed by atoms with Crippen molar-refractivity contribution < 1.29 is 19.1 Å². The molecule has 0 aliphatic carbocycles. The summed E-state index contributed by atoms with van der Waals surface area (Å²) in [6.07, 6.45) is 0. The van der Waals surface area contributed by atoms with Crippen molar-refractivity contribution in [3.05, 3.63) is 48.0 Å². The second kappa shape index (κ2) is 7.47. The molecule has 0 unspecified atom stereocenters. The van der Waals surface area contributed by atoms with E-state index in [1.807, 2.05) is 18.2 Å². The lowest BCUT2D eigenvalue weighted by Gasteiger charge is -2.37. The van der Waals surface area contributed by atoms with Gasteiger partial charge >= 0.3 is 5.97 Å². The van der Waals surface area contributed by atoms with Crippen LogP contribution >= 0.6 is 11.3 Å².